The zero-order valence-electron chi connectivity index (χ0n) is 17.9. The van der Waals surface area contributed by atoms with Crippen LogP contribution in [-0.2, 0) is 22.7 Å². The number of carbonyl (C=O) groups excluding carboxylic acids is 2. The smallest absolute Gasteiger partial charge is 0.222 e. The Bertz CT molecular complexity index is 740. The molecule has 2 N–H and O–H groups in total. The number of likely N-dealkylation sites (tertiary alicyclic amines) is 2. The summed E-state index contributed by atoms with van der Waals surface area (Å²) in [7, 11) is 0. The van der Waals surface area contributed by atoms with Crippen LogP contribution >= 0.6 is 24.0 Å². The van der Waals surface area contributed by atoms with Crippen molar-refractivity contribution in [2.24, 2.45) is 4.99 Å². The van der Waals surface area contributed by atoms with Crippen LogP contribution < -0.4 is 10.6 Å². The third-order valence-corrected chi connectivity index (χ3v) is 5.47. The van der Waals surface area contributed by atoms with Crippen molar-refractivity contribution in [3.63, 3.8) is 0 Å². The van der Waals surface area contributed by atoms with Gasteiger partial charge in [0, 0.05) is 52.1 Å². The van der Waals surface area contributed by atoms with Gasteiger partial charge in [-0.2, -0.15) is 0 Å². The molecule has 30 heavy (non-hydrogen) atoms. The lowest BCUT2D eigenvalue weighted by molar-refractivity contribution is -0.128. The highest BCUT2D eigenvalue weighted by Crippen LogP contribution is 2.17. The van der Waals surface area contributed by atoms with Crippen LogP contribution in [0.3, 0.4) is 0 Å². The Morgan fingerprint density at radius 1 is 1.00 bits per heavy atom. The van der Waals surface area contributed by atoms with Gasteiger partial charge in [0.15, 0.2) is 5.96 Å². The molecule has 2 heterocycles. The second-order valence-corrected chi connectivity index (χ2v) is 7.65. The van der Waals surface area contributed by atoms with Crippen molar-refractivity contribution >= 4 is 41.8 Å². The van der Waals surface area contributed by atoms with Crippen LogP contribution in [0, 0.1) is 0 Å². The van der Waals surface area contributed by atoms with E-state index >= 15 is 0 Å². The van der Waals surface area contributed by atoms with Gasteiger partial charge in [0.1, 0.15) is 0 Å². The SMILES string of the molecule is CCNC(=NCc1ccccc1CN1CCCC1=O)NCCCN1CCCC1=O.I. The maximum Gasteiger partial charge on any atom is 0.222 e. The number of nitrogens with one attached hydrogen (secondary N) is 2. The van der Waals surface area contributed by atoms with Gasteiger partial charge < -0.3 is 20.4 Å². The fraction of sp³-hybridized carbons (Fsp3) is 0.591. The van der Waals surface area contributed by atoms with Crippen LogP contribution in [0.15, 0.2) is 29.3 Å². The number of rotatable bonds is 9. The highest BCUT2D eigenvalue weighted by Gasteiger charge is 2.21. The second-order valence-electron chi connectivity index (χ2n) is 7.65. The van der Waals surface area contributed by atoms with Crippen molar-refractivity contribution < 1.29 is 9.59 Å². The van der Waals surface area contributed by atoms with Crippen molar-refractivity contribution in [3.8, 4) is 0 Å². The molecule has 0 aliphatic carbocycles. The minimum Gasteiger partial charge on any atom is -0.357 e. The molecule has 0 radical (unpaired) electrons. The number of aliphatic imine (C=N–C) groups is 1. The molecule has 8 heteroatoms. The van der Waals surface area contributed by atoms with Crippen molar-refractivity contribution in [3.05, 3.63) is 35.4 Å². The first-order valence-electron chi connectivity index (χ1n) is 10.8. The van der Waals surface area contributed by atoms with Gasteiger partial charge in [-0.25, -0.2) is 4.99 Å². The zero-order chi connectivity index (χ0) is 20.5. The number of benzene rings is 1. The Labute approximate surface area is 196 Å². The quantitative estimate of drug-likeness (QED) is 0.224. The van der Waals surface area contributed by atoms with E-state index in [1.807, 2.05) is 28.9 Å². The Balaban J connectivity index is 0.00000320. The van der Waals surface area contributed by atoms with Gasteiger partial charge in [-0.05, 0) is 37.3 Å². The van der Waals surface area contributed by atoms with E-state index in [4.69, 9.17) is 4.99 Å². The Morgan fingerprint density at radius 2 is 1.67 bits per heavy atom. The molecule has 2 saturated heterocycles. The molecule has 0 saturated carbocycles. The van der Waals surface area contributed by atoms with Crippen molar-refractivity contribution in [1.29, 1.82) is 0 Å². The van der Waals surface area contributed by atoms with Crippen molar-refractivity contribution in [2.75, 3.05) is 32.7 Å². The summed E-state index contributed by atoms with van der Waals surface area (Å²) in [5.41, 5.74) is 2.31. The van der Waals surface area contributed by atoms with Crippen LogP contribution in [0.25, 0.3) is 0 Å². The summed E-state index contributed by atoms with van der Waals surface area (Å²) >= 11 is 0. The highest BCUT2D eigenvalue weighted by atomic mass is 127. The van der Waals surface area contributed by atoms with Gasteiger partial charge in [-0.15, -0.1) is 24.0 Å². The van der Waals surface area contributed by atoms with E-state index in [9.17, 15) is 9.59 Å². The topological polar surface area (TPSA) is 77.0 Å². The van der Waals surface area contributed by atoms with Gasteiger partial charge in [0.2, 0.25) is 11.8 Å². The molecule has 0 unspecified atom stereocenters. The summed E-state index contributed by atoms with van der Waals surface area (Å²) in [6.07, 6.45) is 4.21. The highest BCUT2D eigenvalue weighted by molar-refractivity contribution is 14.0. The summed E-state index contributed by atoms with van der Waals surface area (Å²) in [6, 6.07) is 8.21. The predicted molar refractivity (Wildman–Crippen MR) is 130 cm³/mol. The minimum absolute atomic E-state index is 0. The van der Waals surface area contributed by atoms with E-state index in [-0.39, 0.29) is 35.8 Å². The molecule has 2 aliphatic heterocycles. The molecule has 2 aliphatic rings. The number of carbonyl (C=O) groups is 2. The molecule has 166 valence electrons. The first-order valence-corrected chi connectivity index (χ1v) is 10.8. The van der Waals surface area contributed by atoms with E-state index in [0.717, 1.165) is 69.1 Å². The van der Waals surface area contributed by atoms with Gasteiger partial charge >= 0.3 is 0 Å². The first-order chi connectivity index (χ1) is 14.2. The monoisotopic (exact) mass is 527 g/mol. The van der Waals surface area contributed by atoms with E-state index in [1.54, 1.807) is 0 Å². The Kier molecular flexibility index (Phi) is 10.4. The van der Waals surface area contributed by atoms with Crippen LogP contribution in [0.2, 0.25) is 0 Å². The molecule has 2 fully saturated rings. The number of hydrogen-bond donors (Lipinski definition) is 2. The lowest BCUT2D eigenvalue weighted by atomic mass is 10.1. The molecule has 0 atom stereocenters. The van der Waals surface area contributed by atoms with Crippen LogP contribution in [-0.4, -0.2) is 60.3 Å². The molecule has 1 aromatic carbocycles. The fourth-order valence-corrected chi connectivity index (χ4v) is 3.87. The predicted octanol–water partition coefficient (Wildman–Crippen LogP) is 2.49. The van der Waals surface area contributed by atoms with Crippen LogP contribution in [0.4, 0.5) is 0 Å². The van der Waals surface area contributed by atoms with E-state index in [0.29, 0.717) is 25.9 Å². The number of amides is 2. The lowest BCUT2D eigenvalue weighted by Crippen LogP contribution is -2.39. The lowest BCUT2D eigenvalue weighted by Gasteiger charge is -2.18. The average molecular weight is 527 g/mol. The van der Waals surface area contributed by atoms with Crippen molar-refractivity contribution in [2.45, 2.75) is 52.1 Å². The summed E-state index contributed by atoms with van der Waals surface area (Å²) in [5, 5.41) is 6.65. The minimum atomic E-state index is 0. The standard InChI is InChI=1S/C22H33N5O2.HI/c1-2-23-22(24-12-7-15-26-13-5-10-20(26)28)25-16-18-8-3-4-9-19(18)17-27-14-6-11-21(27)29;/h3-4,8-9H,2,5-7,10-17H2,1H3,(H2,23,24,25);1H. The molecule has 0 aromatic heterocycles. The molecule has 7 nitrogen and oxygen atoms in total. The van der Waals surface area contributed by atoms with E-state index < -0.39 is 0 Å². The van der Waals surface area contributed by atoms with E-state index in [2.05, 4.69) is 22.8 Å². The molecule has 0 spiro atoms. The summed E-state index contributed by atoms with van der Waals surface area (Å²) < 4.78 is 0. The van der Waals surface area contributed by atoms with Gasteiger partial charge in [-0.3, -0.25) is 9.59 Å². The Morgan fingerprint density at radius 3 is 2.30 bits per heavy atom. The maximum atomic E-state index is 12.0. The van der Waals surface area contributed by atoms with Crippen molar-refractivity contribution in [1.82, 2.24) is 20.4 Å². The second kappa shape index (κ2) is 12.8. The molecule has 0 bridgehead atoms. The molecule has 2 amide bonds. The maximum absolute atomic E-state index is 12.0. The molecule has 3 rings (SSSR count). The van der Waals surface area contributed by atoms with E-state index in [1.165, 1.54) is 0 Å². The summed E-state index contributed by atoms with van der Waals surface area (Å²) in [6.45, 7) is 7.39. The fourth-order valence-electron chi connectivity index (χ4n) is 3.87. The Hall–Kier alpha value is -1.84. The van der Waals surface area contributed by atoms with Gasteiger partial charge in [0.25, 0.3) is 0 Å². The summed E-state index contributed by atoms with van der Waals surface area (Å²) in [4.78, 5) is 32.3. The summed E-state index contributed by atoms with van der Waals surface area (Å²) in [5.74, 6) is 1.31. The largest absolute Gasteiger partial charge is 0.357 e. The van der Waals surface area contributed by atoms with Gasteiger partial charge in [-0.1, -0.05) is 24.3 Å². The normalized spacial score (nSPS) is 16.8. The zero-order valence-corrected chi connectivity index (χ0v) is 20.2. The average Bonchev–Trinajstić information content (AvgIpc) is 3.32. The van der Waals surface area contributed by atoms with Crippen LogP contribution in [0.5, 0.6) is 0 Å². The molecular formula is C22H34IN5O2. The first kappa shape index (κ1) is 24.4. The number of halogens is 1. The number of guanidine groups is 1. The third-order valence-electron chi connectivity index (χ3n) is 5.47. The molecule has 1 aromatic rings. The third kappa shape index (κ3) is 7.14. The van der Waals surface area contributed by atoms with Gasteiger partial charge in [0.05, 0.1) is 6.54 Å². The van der Waals surface area contributed by atoms with Crippen LogP contribution in [0.1, 0.15) is 50.2 Å². The number of hydrogen-bond acceptors (Lipinski definition) is 3. The molecular weight excluding hydrogens is 493 g/mol. The number of nitrogens with zero attached hydrogens (tertiary/aromatic N) is 3.